The molecule has 0 bridgehead atoms. The number of pyridine rings is 3. The van der Waals surface area contributed by atoms with Crippen LogP contribution in [0.15, 0.2) is 242 Å². The molecule has 0 aliphatic rings. The Labute approximate surface area is 753 Å². The molecule has 0 radical (unpaired) electrons. The third kappa shape index (κ3) is 24.8. The number of benzene rings is 6. The van der Waals surface area contributed by atoms with Crippen LogP contribution in [0.3, 0.4) is 0 Å². The van der Waals surface area contributed by atoms with Crippen molar-refractivity contribution in [2.45, 2.75) is 164 Å². The summed E-state index contributed by atoms with van der Waals surface area (Å²) in [4.78, 5) is 79.0. The number of thiazole rings is 1. The van der Waals surface area contributed by atoms with E-state index in [9.17, 15) is 79.2 Å². The molecule has 0 spiro atoms. The molecular formula is C85H89Cl5F3N11O15S6. The lowest BCUT2D eigenvalue weighted by atomic mass is 9.92. The Morgan fingerprint density at radius 2 is 0.704 bits per heavy atom. The second-order valence-corrected chi connectivity index (χ2v) is 46.7. The van der Waals surface area contributed by atoms with Crippen molar-refractivity contribution in [1.82, 2.24) is 29.7 Å². The summed E-state index contributed by atoms with van der Waals surface area (Å²) in [5.41, 5.74) is 2.93. The Hall–Kier alpha value is -10.1. The average molecular weight is 1930 g/mol. The number of hydrogen-bond acceptors (Lipinski definition) is 21. The van der Waals surface area contributed by atoms with Gasteiger partial charge in [0.2, 0.25) is 29.5 Å². The van der Waals surface area contributed by atoms with E-state index >= 15 is 0 Å². The highest BCUT2D eigenvalue weighted by molar-refractivity contribution is 7.95. The van der Waals surface area contributed by atoms with Crippen molar-refractivity contribution in [3.8, 4) is 11.3 Å². The first-order valence-corrected chi connectivity index (χ1v) is 47.3. The molecule has 125 heavy (non-hydrogen) atoms. The molecule has 5 amide bonds. The molecule has 0 atom stereocenters. The van der Waals surface area contributed by atoms with E-state index in [4.69, 9.17) is 58.0 Å². The summed E-state index contributed by atoms with van der Waals surface area (Å²) in [5.74, 6) is -2.63. The largest absolute Gasteiger partial charge is 0.417 e. The molecule has 0 fully saturated rings. The van der Waals surface area contributed by atoms with Crippen LogP contribution in [-0.2, 0) is 91.8 Å². The number of nitrogens with one attached hydrogen (secondary N) is 5. The number of halogens is 8. The van der Waals surface area contributed by atoms with E-state index in [1.165, 1.54) is 207 Å². The van der Waals surface area contributed by atoms with Gasteiger partial charge in [-0.2, -0.15) is 18.3 Å². The highest BCUT2D eigenvalue weighted by Gasteiger charge is 2.48. The Morgan fingerprint density at radius 1 is 0.376 bits per heavy atom. The van der Waals surface area contributed by atoms with Gasteiger partial charge in [-0.1, -0.05) is 121 Å². The van der Waals surface area contributed by atoms with E-state index in [0.29, 0.717) is 59.6 Å². The molecule has 0 aliphatic carbocycles. The summed E-state index contributed by atoms with van der Waals surface area (Å²) in [6.07, 6.45) is -2.42. The summed E-state index contributed by atoms with van der Waals surface area (Å²) in [6.45, 7) is 23.0. The monoisotopic (exact) mass is 1930 g/mol. The molecular weight excluding hydrogens is 1840 g/mol. The predicted molar refractivity (Wildman–Crippen MR) is 483 cm³/mol. The number of nitrogens with zero attached hydrogens (tertiary/aromatic N) is 6. The van der Waals surface area contributed by atoms with Gasteiger partial charge in [0, 0.05) is 72.7 Å². The number of anilines is 5. The smallest absolute Gasteiger partial charge is 0.310 e. The van der Waals surface area contributed by atoms with E-state index in [-0.39, 0.29) is 35.7 Å². The van der Waals surface area contributed by atoms with Crippen LogP contribution in [0.2, 0.25) is 25.1 Å². The molecule has 0 saturated carbocycles. The van der Waals surface area contributed by atoms with E-state index in [1.54, 1.807) is 56.6 Å². The number of aromatic nitrogens is 6. The Morgan fingerprint density at radius 3 is 1.01 bits per heavy atom. The molecule has 0 unspecified atom stereocenters. The second kappa shape index (κ2) is 40.3. The number of amides is 5. The summed E-state index contributed by atoms with van der Waals surface area (Å²) >= 11 is 30.2. The molecule has 5 heterocycles. The molecule has 40 heteroatoms. The van der Waals surface area contributed by atoms with Crippen molar-refractivity contribution in [2.75, 3.05) is 26.6 Å². The van der Waals surface area contributed by atoms with Crippen LogP contribution in [0, 0.1) is 13.8 Å². The van der Waals surface area contributed by atoms with Crippen LogP contribution >= 0.6 is 69.3 Å². The van der Waals surface area contributed by atoms with Crippen molar-refractivity contribution < 1.29 is 79.2 Å². The first-order chi connectivity index (χ1) is 57.6. The topological polar surface area (TPSA) is 386 Å². The number of carbonyl (C=O) groups is 5. The summed E-state index contributed by atoms with van der Waals surface area (Å²) in [6, 6.07) is 49.7. The maximum Gasteiger partial charge on any atom is 0.417 e. The molecule has 5 aromatic heterocycles. The van der Waals surface area contributed by atoms with Crippen LogP contribution in [0.25, 0.3) is 11.3 Å². The number of sulfone groups is 5. The highest BCUT2D eigenvalue weighted by atomic mass is 35.5. The maximum absolute atomic E-state index is 12.9. The van der Waals surface area contributed by atoms with Gasteiger partial charge in [0.15, 0.2) is 54.3 Å². The normalized spacial score (nSPS) is 12.3. The second-order valence-electron chi connectivity index (χ2n) is 31.1. The minimum absolute atomic E-state index is 0.0381. The lowest BCUT2D eigenvalue weighted by molar-refractivity contribution is -0.137. The van der Waals surface area contributed by atoms with Gasteiger partial charge in [-0.05, 0) is 240 Å². The van der Waals surface area contributed by atoms with Gasteiger partial charge in [-0.25, -0.2) is 62.0 Å². The lowest BCUT2D eigenvalue weighted by Crippen LogP contribution is -2.44. The minimum atomic E-state index is -4.56. The van der Waals surface area contributed by atoms with Crippen molar-refractivity contribution >= 4 is 176 Å². The Kier molecular flexibility index (Phi) is 32.9. The van der Waals surface area contributed by atoms with Gasteiger partial charge in [0.05, 0.1) is 41.4 Å². The molecule has 26 nitrogen and oxygen atoms in total. The van der Waals surface area contributed by atoms with E-state index in [1.807, 2.05) is 63.4 Å². The van der Waals surface area contributed by atoms with Crippen molar-refractivity contribution in [2.24, 2.45) is 7.05 Å². The van der Waals surface area contributed by atoms with Crippen LogP contribution in [0.5, 0.6) is 0 Å². The first-order valence-electron chi connectivity index (χ1n) is 37.2. The molecule has 11 rings (SSSR count). The number of carbonyl (C=O) groups excluding carboxylic acids is 5. The molecule has 666 valence electrons. The Balaban J connectivity index is 0.000000215. The van der Waals surface area contributed by atoms with Gasteiger partial charge in [0.1, 0.15) is 47.0 Å². The zero-order valence-corrected chi connectivity index (χ0v) is 78.7. The van der Waals surface area contributed by atoms with Gasteiger partial charge in [-0.3, -0.25) is 28.7 Å². The van der Waals surface area contributed by atoms with Crippen molar-refractivity contribution in [1.29, 1.82) is 0 Å². The number of rotatable bonds is 21. The highest BCUT2D eigenvalue weighted by Crippen LogP contribution is 2.37. The lowest BCUT2D eigenvalue weighted by Gasteiger charge is -2.23. The zero-order chi connectivity index (χ0) is 93.8. The average Bonchev–Trinajstić information content (AvgIpc) is 1.45. The van der Waals surface area contributed by atoms with E-state index < -0.39 is 114 Å². The minimum Gasteiger partial charge on any atom is -0.310 e. The van der Waals surface area contributed by atoms with Crippen LogP contribution in [0.4, 0.5) is 41.6 Å². The summed E-state index contributed by atoms with van der Waals surface area (Å²) in [5, 5.41) is 21.2. The van der Waals surface area contributed by atoms with Gasteiger partial charge in [-0.15, -0.1) is 11.3 Å². The number of alkyl halides is 3. The fourth-order valence-corrected chi connectivity index (χ4v) is 18.5. The SMILES string of the molecule is CC(C)(C(=O)Nc1ccc(C(F)(F)F)cn1)S(=O)(=O)c1ccc(Cl)cc1.CC(C)(C(=O)Nc1nc(-c2ccccc2)cs1)S(=O)(=O)c1ccc(Cl)cc1.Cc1ccc(NC(=O)C(C)(C)S(=O)(=O)c2ccc(Cl)cc2)nc1.Cc1cccc(NC(=O)C(C)(C)S(=O)(=O)c2ccc(Cl)cc2)n1.Cn1nc(C(C)(C)C)cc1NC(=O)C(C)(C)S(=O)(=O)c1ccc(Cl)cc1. The number of hydrogen-bond donors (Lipinski definition) is 5. The molecule has 0 aliphatic heterocycles. The molecule has 5 N–H and O–H groups in total. The fourth-order valence-electron chi connectivity index (χ4n) is 10.3. The third-order valence-corrected chi connectivity index (χ3v) is 33.1. The third-order valence-electron chi connectivity index (χ3n) is 19.0. The van der Waals surface area contributed by atoms with E-state index in [2.05, 4.69) is 51.6 Å². The molecule has 0 saturated heterocycles. The fraction of sp³-hybridized carbons (Fsp3) is 0.271. The van der Waals surface area contributed by atoms with Crippen molar-refractivity contribution in [3.05, 3.63) is 266 Å². The van der Waals surface area contributed by atoms with Crippen LogP contribution < -0.4 is 26.6 Å². The quantitative estimate of drug-likeness (QED) is 0.0446. The van der Waals surface area contributed by atoms with Gasteiger partial charge in [0.25, 0.3) is 0 Å². The van der Waals surface area contributed by atoms with E-state index in [0.717, 1.165) is 34.6 Å². The number of aryl methyl sites for hydroxylation is 3. The van der Waals surface area contributed by atoms with Crippen molar-refractivity contribution in [3.63, 3.8) is 0 Å². The summed E-state index contributed by atoms with van der Waals surface area (Å²) < 4.78 is 159. The summed E-state index contributed by atoms with van der Waals surface area (Å²) in [7, 11) is -18.0. The first kappa shape index (κ1) is 102. The maximum atomic E-state index is 12.9. The standard InChI is InChI=1S/C19H17ClN2O3S2.C18H24ClN3O3S.C16H14ClF3N2O3S.2C16H17ClN2O3S/c1-19(2,27(24,25)15-10-8-14(20)9-11-15)17(23)22-18-21-16(12-26-18)13-6-4-3-5-7-13;1-17(2,3)14-11-15(22(6)21-14)20-16(23)18(4,5)26(24,25)13-9-7-12(19)8-10-13;1-15(2,26(24,25)12-6-4-11(17)5-7-12)14(23)22-13-8-3-10(9-21-13)16(18,19)20;1-11-4-9-14(18-10-11)19-15(20)16(2,3)23(21,22)13-7-5-12(17)6-8-13;1-11-5-4-6-14(18-11)19-15(20)16(2,3)23(21,22)13-9-7-12(17)8-10-13/h3-12H,1-2H3,(H,21,22,23);7-11H,1-6H3,(H,20,23);3-9H,1-2H3,(H,21,22,23);2*4-10H,1-3H3,(H,18,19,20). The zero-order valence-electron chi connectivity index (χ0n) is 70.1. The molecule has 6 aromatic carbocycles. The van der Waals surface area contributed by atoms with Crippen LogP contribution in [-0.4, -0.2) is 125 Å². The van der Waals surface area contributed by atoms with Gasteiger partial charge >= 0.3 is 6.18 Å². The van der Waals surface area contributed by atoms with Crippen LogP contribution in [0.1, 0.15) is 113 Å². The molecule has 11 aromatic rings. The van der Waals surface area contributed by atoms with Gasteiger partial charge < -0.3 is 26.6 Å². The Bertz CT molecular complexity index is 6330. The predicted octanol–water partition coefficient (Wildman–Crippen LogP) is 18.6.